The van der Waals surface area contributed by atoms with Gasteiger partial charge in [-0.3, -0.25) is 0 Å². The van der Waals surface area contributed by atoms with Crippen molar-refractivity contribution in [3.63, 3.8) is 0 Å². The topological polar surface area (TPSA) is 80.2 Å². The molecule has 0 saturated carbocycles. The summed E-state index contributed by atoms with van der Waals surface area (Å²) in [6.07, 6.45) is 4.81. The van der Waals surface area contributed by atoms with E-state index < -0.39 is 5.60 Å². The van der Waals surface area contributed by atoms with Gasteiger partial charge in [0.05, 0.1) is 24.0 Å². The lowest BCUT2D eigenvalue weighted by Crippen LogP contribution is -2.38. The highest BCUT2D eigenvalue weighted by atomic mass is 16.3. The minimum Gasteiger partial charge on any atom is -0.389 e. The average Bonchev–Trinajstić information content (AvgIpc) is 2.84. The second-order valence-corrected chi connectivity index (χ2v) is 8.60. The highest BCUT2D eigenvalue weighted by Crippen LogP contribution is 2.22. The van der Waals surface area contributed by atoms with Crippen LogP contribution in [0.25, 0.3) is 11.0 Å². The zero-order valence-electron chi connectivity index (χ0n) is 16.5. The first-order chi connectivity index (χ1) is 11.5. The van der Waals surface area contributed by atoms with E-state index in [1.807, 2.05) is 4.57 Å². The summed E-state index contributed by atoms with van der Waals surface area (Å²) in [6.45, 7) is 11.8. The Balaban J connectivity index is 2.05. The van der Waals surface area contributed by atoms with Gasteiger partial charge in [-0.05, 0) is 73.5 Å². The fraction of sp³-hybridized carbons (Fsp3) is 0.684. The molecule has 0 radical (unpaired) electrons. The molecule has 0 saturated heterocycles. The molecule has 6 heteroatoms. The van der Waals surface area contributed by atoms with Crippen LogP contribution < -0.4 is 5.73 Å². The predicted molar refractivity (Wildman–Crippen MR) is 104 cm³/mol. The Bertz CT molecular complexity index is 709. The summed E-state index contributed by atoms with van der Waals surface area (Å²) >= 11 is 0. The first kappa shape index (κ1) is 19.7. The van der Waals surface area contributed by atoms with E-state index in [9.17, 15) is 5.11 Å². The van der Waals surface area contributed by atoms with Gasteiger partial charge in [0, 0.05) is 11.2 Å². The molecule has 0 aliphatic rings. The average molecular weight is 348 g/mol. The Morgan fingerprint density at radius 1 is 1.20 bits per heavy atom. The van der Waals surface area contributed by atoms with Crippen molar-refractivity contribution in [2.75, 3.05) is 19.3 Å². The van der Waals surface area contributed by atoms with Crippen LogP contribution in [-0.4, -0.2) is 49.3 Å². The SMILES string of the molecule is CN(CCCCc1cc2c(ncn2CC(C)(C)O)c(N)n1)C(C)(C)C. The molecule has 140 valence electrons. The van der Waals surface area contributed by atoms with Gasteiger partial charge in [-0.2, -0.15) is 0 Å². The quantitative estimate of drug-likeness (QED) is 0.753. The van der Waals surface area contributed by atoms with Crippen LogP contribution >= 0.6 is 0 Å². The maximum Gasteiger partial charge on any atom is 0.151 e. The maximum atomic E-state index is 10.1. The molecule has 0 atom stereocenters. The number of nitrogen functional groups attached to an aromatic ring is 1. The summed E-state index contributed by atoms with van der Waals surface area (Å²) in [6, 6.07) is 2.05. The lowest BCUT2D eigenvalue weighted by molar-refractivity contribution is 0.0626. The van der Waals surface area contributed by atoms with Gasteiger partial charge < -0.3 is 20.3 Å². The van der Waals surface area contributed by atoms with Crippen LogP contribution in [0.3, 0.4) is 0 Å². The fourth-order valence-corrected chi connectivity index (χ4v) is 2.80. The number of aliphatic hydroxyl groups is 1. The number of aromatic nitrogens is 3. The van der Waals surface area contributed by atoms with E-state index in [0.29, 0.717) is 17.9 Å². The van der Waals surface area contributed by atoms with Crippen LogP contribution in [0.5, 0.6) is 0 Å². The Kier molecular flexibility index (Phi) is 5.74. The van der Waals surface area contributed by atoms with E-state index in [4.69, 9.17) is 5.73 Å². The molecule has 2 heterocycles. The maximum absolute atomic E-state index is 10.1. The van der Waals surface area contributed by atoms with Crippen LogP contribution in [0.4, 0.5) is 5.82 Å². The lowest BCUT2D eigenvalue weighted by Gasteiger charge is -2.31. The molecule has 3 N–H and O–H groups in total. The monoisotopic (exact) mass is 347 g/mol. The van der Waals surface area contributed by atoms with E-state index in [2.05, 4.69) is 48.8 Å². The summed E-state index contributed by atoms with van der Waals surface area (Å²) in [5.41, 5.74) is 8.12. The van der Waals surface area contributed by atoms with Gasteiger partial charge >= 0.3 is 0 Å². The van der Waals surface area contributed by atoms with E-state index in [1.54, 1.807) is 20.2 Å². The molecule has 0 spiro atoms. The standard InChI is InChI=1S/C19H33N5O/c1-18(2,3)23(6)10-8-7-9-14-11-15-16(17(20)22-14)21-13-24(15)12-19(4,5)25/h11,13,25H,7-10,12H2,1-6H3,(H2,20,22). The summed E-state index contributed by atoms with van der Waals surface area (Å²) in [5, 5.41) is 10.1. The van der Waals surface area contributed by atoms with Crippen LogP contribution in [-0.2, 0) is 13.0 Å². The highest BCUT2D eigenvalue weighted by molar-refractivity contribution is 5.85. The van der Waals surface area contributed by atoms with Gasteiger partial charge in [0.15, 0.2) is 5.82 Å². The Labute approximate surface area is 151 Å². The van der Waals surface area contributed by atoms with E-state index in [-0.39, 0.29) is 5.54 Å². The minimum atomic E-state index is -0.802. The molecule has 2 aromatic heterocycles. The number of unbranched alkanes of at least 4 members (excludes halogenated alkanes) is 1. The van der Waals surface area contributed by atoms with Gasteiger partial charge in [0.25, 0.3) is 0 Å². The number of nitrogens with two attached hydrogens (primary N) is 1. The highest BCUT2D eigenvalue weighted by Gasteiger charge is 2.18. The number of hydrogen-bond donors (Lipinski definition) is 2. The Morgan fingerprint density at radius 2 is 1.88 bits per heavy atom. The Morgan fingerprint density at radius 3 is 2.48 bits per heavy atom. The van der Waals surface area contributed by atoms with Crippen molar-refractivity contribution >= 4 is 16.9 Å². The minimum absolute atomic E-state index is 0.200. The first-order valence-corrected chi connectivity index (χ1v) is 9.01. The van der Waals surface area contributed by atoms with Crippen molar-refractivity contribution in [2.24, 2.45) is 0 Å². The predicted octanol–water partition coefficient (Wildman–Crippen LogP) is 2.84. The number of fused-ring (bicyclic) bond motifs is 1. The molecular formula is C19H33N5O. The van der Waals surface area contributed by atoms with Crippen molar-refractivity contribution in [1.29, 1.82) is 0 Å². The first-order valence-electron chi connectivity index (χ1n) is 9.01. The van der Waals surface area contributed by atoms with Crippen molar-refractivity contribution in [3.05, 3.63) is 18.1 Å². The normalized spacial score (nSPS) is 13.1. The number of hydrogen-bond acceptors (Lipinski definition) is 5. The molecule has 0 fully saturated rings. The summed E-state index contributed by atoms with van der Waals surface area (Å²) < 4.78 is 1.95. The third-order valence-electron chi connectivity index (χ3n) is 4.57. The summed E-state index contributed by atoms with van der Waals surface area (Å²) in [5.74, 6) is 0.466. The van der Waals surface area contributed by atoms with Crippen LogP contribution in [0.1, 0.15) is 53.2 Å². The van der Waals surface area contributed by atoms with Crippen molar-refractivity contribution in [3.8, 4) is 0 Å². The van der Waals surface area contributed by atoms with Gasteiger partial charge in [-0.1, -0.05) is 0 Å². The Hall–Kier alpha value is -1.66. The molecule has 0 unspecified atom stereocenters. The number of imidazole rings is 1. The largest absolute Gasteiger partial charge is 0.389 e. The fourth-order valence-electron chi connectivity index (χ4n) is 2.80. The number of nitrogens with zero attached hydrogens (tertiary/aromatic N) is 4. The molecular weight excluding hydrogens is 314 g/mol. The van der Waals surface area contributed by atoms with Crippen molar-refractivity contribution < 1.29 is 5.11 Å². The third-order valence-corrected chi connectivity index (χ3v) is 4.57. The number of anilines is 1. The second kappa shape index (κ2) is 7.30. The van der Waals surface area contributed by atoms with E-state index in [0.717, 1.165) is 37.0 Å². The molecule has 0 aliphatic heterocycles. The van der Waals surface area contributed by atoms with E-state index in [1.165, 1.54) is 0 Å². The van der Waals surface area contributed by atoms with Gasteiger partial charge in [0.1, 0.15) is 5.52 Å². The second-order valence-electron chi connectivity index (χ2n) is 8.60. The summed E-state index contributed by atoms with van der Waals surface area (Å²) in [4.78, 5) is 11.2. The van der Waals surface area contributed by atoms with Crippen LogP contribution in [0, 0.1) is 0 Å². The van der Waals surface area contributed by atoms with E-state index >= 15 is 0 Å². The molecule has 0 aliphatic carbocycles. The third kappa shape index (κ3) is 5.41. The molecule has 6 nitrogen and oxygen atoms in total. The van der Waals surface area contributed by atoms with Gasteiger partial charge in [-0.25, -0.2) is 9.97 Å². The molecule has 0 bridgehead atoms. The van der Waals surface area contributed by atoms with Crippen LogP contribution in [0.2, 0.25) is 0 Å². The van der Waals surface area contributed by atoms with Crippen LogP contribution in [0.15, 0.2) is 12.4 Å². The molecule has 2 aromatic rings. The number of pyridine rings is 1. The lowest BCUT2D eigenvalue weighted by atomic mass is 10.1. The van der Waals surface area contributed by atoms with Gasteiger partial charge in [0.2, 0.25) is 0 Å². The van der Waals surface area contributed by atoms with Gasteiger partial charge in [-0.15, -0.1) is 0 Å². The molecule has 0 aromatic carbocycles. The smallest absolute Gasteiger partial charge is 0.151 e. The molecule has 0 amide bonds. The zero-order valence-corrected chi connectivity index (χ0v) is 16.5. The molecule has 2 rings (SSSR count). The zero-order chi connectivity index (χ0) is 18.8. The van der Waals surface area contributed by atoms with Crippen molar-refractivity contribution in [2.45, 2.75) is 71.6 Å². The summed E-state index contributed by atoms with van der Waals surface area (Å²) in [7, 11) is 2.16. The molecule has 25 heavy (non-hydrogen) atoms. The number of aryl methyl sites for hydroxylation is 1. The van der Waals surface area contributed by atoms with Crippen molar-refractivity contribution in [1.82, 2.24) is 19.4 Å². The number of rotatable bonds is 7.